The van der Waals surface area contributed by atoms with Crippen molar-refractivity contribution in [3.8, 4) is 0 Å². The number of thiophene rings is 1. The lowest BCUT2D eigenvalue weighted by molar-refractivity contribution is 0.0690. The number of carboxylic acids is 1. The van der Waals surface area contributed by atoms with Gasteiger partial charge in [0.25, 0.3) is 0 Å². The first-order chi connectivity index (χ1) is 6.72. The molecule has 1 N–H and O–H groups in total. The number of aromatic carboxylic acids is 1. The maximum absolute atomic E-state index is 10.7. The Morgan fingerprint density at radius 1 is 1.64 bits per heavy atom. The summed E-state index contributed by atoms with van der Waals surface area (Å²) in [6.07, 6.45) is 3.21. The van der Waals surface area contributed by atoms with Gasteiger partial charge in [0.1, 0.15) is 10.3 Å². The Morgan fingerprint density at radius 2 is 2.43 bits per heavy atom. The highest BCUT2D eigenvalue weighted by atomic mass is 32.2. The Balaban J connectivity index is 2.67. The van der Waals surface area contributed by atoms with E-state index in [9.17, 15) is 4.79 Å². The molecule has 2 aromatic heterocycles. The van der Waals surface area contributed by atoms with Gasteiger partial charge in [-0.1, -0.05) is 0 Å². The number of fused-ring (bicyclic) bond motifs is 1. The molecule has 0 atom stereocenters. The summed E-state index contributed by atoms with van der Waals surface area (Å²) >= 11 is 3.01. The molecule has 0 spiro atoms. The number of hydrogen-bond donors (Lipinski definition) is 1. The molecule has 0 fully saturated rings. The predicted molar refractivity (Wildman–Crippen MR) is 56.2 cm³/mol. The first-order valence-corrected chi connectivity index (χ1v) is 5.84. The molecule has 0 aliphatic carbocycles. The minimum Gasteiger partial charge on any atom is -0.476 e. The van der Waals surface area contributed by atoms with Gasteiger partial charge < -0.3 is 5.11 Å². The molecule has 0 unspecified atom stereocenters. The smallest absolute Gasteiger partial charge is 0.356 e. The van der Waals surface area contributed by atoms with Crippen LogP contribution in [0.4, 0.5) is 0 Å². The summed E-state index contributed by atoms with van der Waals surface area (Å²) in [7, 11) is 0. The molecule has 14 heavy (non-hydrogen) atoms. The zero-order valence-corrected chi connectivity index (χ0v) is 8.85. The maximum Gasteiger partial charge on any atom is 0.356 e. The maximum atomic E-state index is 10.7. The summed E-state index contributed by atoms with van der Waals surface area (Å²) in [6.45, 7) is 0. The van der Waals surface area contributed by atoms with E-state index in [1.807, 2.05) is 11.6 Å². The Morgan fingerprint density at radius 3 is 3.07 bits per heavy atom. The molecule has 0 aliphatic heterocycles. The van der Waals surface area contributed by atoms with Crippen molar-refractivity contribution in [3.63, 3.8) is 0 Å². The Kier molecular flexibility index (Phi) is 2.39. The van der Waals surface area contributed by atoms with E-state index < -0.39 is 5.97 Å². The van der Waals surface area contributed by atoms with Gasteiger partial charge in [0.2, 0.25) is 0 Å². The fourth-order valence-corrected chi connectivity index (χ4v) is 2.68. The van der Waals surface area contributed by atoms with E-state index in [-0.39, 0.29) is 5.69 Å². The fraction of sp³-hybridized carbons (Fsp3) is 0.125. The molecule has 0 aromatic carbocycles. The third-order valence-electron chi connectivity index (χ3n) is 1.69. The summed E-state index contributed by atoms with van der Waals surface area (Å²) in [6, 6.07) is 0. The number of nitrogens with zero attached hydrogens (tertiary/aromatic N) is 2. The van der Waals surface area contributed by atoms with Crippen LogP contribution in [0.25, 0.3) is 10.3 Å². The standard InChI is InChI=1S/C8H6N2O2S2/c1-13-5-3-14-7-6(5)10-4(2-9-7)8(11)12/h2-3H,1H3,(H,11,12). The van der Waals surface area contributed by atoms with Gasteiger partial charge in [0.05, 0.1) is 6.20 Å². The summed E-state index contributed by atoms with van der Waals surface area (Å²) in [5.41, 5.74) is 0.675. The molecule has 0 amide bonds. The highest BCUT2D eigenvalue weighted by molar-refractivity contribution is 7.99. The number of rotatable bonds is 2. The molecule has 0 aliphatic rings. The summed E-state index contributed by atoms with van der Waals surface area (Å²) in [4.78, 5) is 20.5. The molecule has 2 rings (SSSR count). The number of thioether (sulfide) groups is 1. The van der Waals surface area contributed by atoms with Gasteiger partial charge in [0.15, 0.2) is 5.69 Å². The minimum atomic E-state index is -1.04. The summed E-state index contributed by atoms with van der Waals surface area (Å²) < 4.78 is 0. The lowest BCUT2D eigenvalue weighted by Crippen LogP contribution is -2.00. The fourth-order valence-electron chi connectivity index (χ4n) is 1.04. The first kappa shape index (κ1) is 9.42. The van der Waals surface area contributed by atoms with Crippen LogP contribution in [0.15, 0.2) is 16.5 Å². The van der Waals surface area contributed by atoms with Gasteiger partial charge in [0, 0.05) is 10.3 Å². The Bertz CT molecular complexity index is 495. The van der Waals surface area contributed by atoms with Crippen LogP contribution in [0.3, 0.4) is 0 Å². The van der Waals surface area contributed by atoms with Crippen molar-refractivity contribution >= 4 is 39.4 Å². The normalized spacial score (nSPS) is 10.6. The van der Waals surface area contributed by atoms with Crippen molar-refractivity contribution in [3.05, 3.63) is 17.3 Å². The van der Waals surface area contributed by atoms with Gasteiger partial charge in [-0.15, -0.1) is 23.1 Å². The second-order valence-electron chi connectivity index (χ2n) is 2.52. The molecule has 72 valence electrons. The van der Waals surface area contributed by atoms with Crippen molar-refractivity contribution in [2.24, 2.45) is 0 Å². The topological polar surface area (TPSA) is 63.1 Å². The molecule has 0 radical (unpaired) electrons. The highest BCUT2D eigenvalue weighted by Crippen LogP contribution is 2.29. The monoisotopic (exact) mass is 226 g/mol. The summed E-state index contributed by atoms with van der Waals surface area (Å²) in [5.74, 6) is -1.04. The van der Waals surface area contributed by atoms with Crippen molar-refractivity contribution in [2.45, 2.75) is 4.90 Å². The third kappa shape index (κ3) is 1.46. The Hall–Kier alpha value is -1.14. The van der Waals surface area contributed by atoms with Crippen LogP contribution in [-0.4, -0.2) is 27.3 Å². The molecular formula is C8H6N2O2S2. The van der Waals surface area contributed by atoms with Crippen LogP contribution in [0, 0.1) is 0 Å². The first-order valence-electron chi connectivity index (χ1n) is 3.74. The molecule has 4 nitrogen and oxygen atoms in total. The quantitative estimate of drug-likeness (QED) is 0.794. The average molecular weight is 226 g/mol. The molecule has 6 heteroatoms. The van der Waals surface area contributed by atoms with Crippen molar-refractivity contribution in [1.29, 1.82) is 0 Å². The summed E-state index contributed by atoms with van der Waals surface area (Å²) in [5, 5.41) is 10.7. The van der Waals surface area contributed by atoms with E-state index in [1.165, 1.54) is 17.5 Å². The van der Waals surface area contributed by atoms with E-state index >= 15 is 0 Å². The lowest BCUT2D eigenvalue weighted by atomic mass is 10.4. The van der Waals surface area contributed by atoms with Crippen molar-refractivity contribution < 1.29 is 9.90 Å². The van der Waals surface area contributed by atoms with Gasteiger partial charge in [-0.2, -0.15) is 0 Å². The minimum absolute atomic E-state index is 0.00815. The molecule has 2 heterocycles. The lowest BCUT2D eigenvalue weighted by Gasteiger charge is -1.94. The second kappa shape index (κ2) is 3.55. The molecule has 0 saturated carbocycles. The second-order valence-corrected chi connectivity index (χ2v) is 4.22. The number of carboxylic acid groups (broad SMARTS) is 1. The zero-order valence-electron chi connectivity index (χ0n) is 7.22. The molecule has 0 saturated heterocycles. The van der Waals surface area contributed by atoms with Crippen molar-refractivity contribution in [1.82, 2.24) is 9.97 Å². The van der Waals surface area contributed by atoms with Crippen molar-refractivity contribution in [2.75, 3.05) is 6.26 Å². The van der Waals surface area contributed by atoms with Crippen LogP contribution < -0.4 is 0 Å². The largest absolute Gasteiger partial charge is 0.476 e. The van der Waals surface area contributed by atoms with E-state index in [2.05, 4.69) is 9.97 Å². The highest BCUT2D eigenvalue weighted by Gasteiger charge is 2.10. The van der Waals surface area contributed by atoms with E-state index in [0.29, 0.717) is 5.52 Å². The van der Waals surface area contributed by atoms with Gasteiger partial charge in [-0.3, -0.25) is 0 Å². The third-order valence-corrected chi connectivity index (χ3v) is 3.46. The van der Waals surface area contributed by atoms with Gasteiger partial charge in [-0.05, 0) is 6.26 Å². The van der Waals surface area contributed by atoms with E-state index in [1.54, 1.807) is 11.8 Å². The van der Waals surface area contributed by atoms with Crippen LogP contribution >= 0.6 is 23.1 Å². The molecule has 0 bridgehead atoms. The molecule has 2 aromatic rings. The van der Waals surface area contributed by atoms with Crippen LogP contribution in [-0.2, 0) is 0 Å². The molecular weight excluding hydrogens is 220 g/mol. The number of carbonyl (C=O) groups is 1. The van der Waals surface area contributed by atoms with Gasteiger partial charge >= 0.3 is 5.97 Å². The van der Waals surface area contributed by atoms with Crippen LogP contribution in [0.2, 0.25) is 0 Å². The average Bonchev–Trinajstić information content (AvgIpc) is 2.59. The van der Waals surface area contributed by atoms with E-state index in [0.717, 1.165) is 9.73 Å². The SMILES string of the molecule is CSc1csc2ncc(C(=O)O)nc12. The number of aromatic nitrogens is 2. The van der Waals surface area contributed by atoms with E-state index in [4.69, 9.17) is 5.11 Å². The predicted octanol–water partition coefficient (Wildman–Crippen LogP) is 2.11. The zero-order chi connectivity index (χ0) is 10.1. The van der Waals surface area contributed by atoms with Crippen LogP contribution in [0.5, 0.6) is 0 Å². The Labute approximate surface area is 88.0 Å². The van der Waals surface area contributed by atoms with Crippen LogP contribution in [0.1, 0.15) is 10.5 Å². The van der Waals surface area contributed by atoms with Gasteiger partial charge in [-0.25, -0.2) is 14.8 Å². The number of hydrogen-bond acceptors (Lipinski definition) is 5.